The van der Waals surface area contributed by atoms with Gasteiger partial charge < -0.3 is 14.9 Å². The quantitative estimate of drug-likeness (QED) is 0.724. The van der Waals surface area contributed by atoms with Crippen LogP contribution >= 0.6 is 0 Å². The van der Waals surface area contributed by atoms with Crippen molar-refractivity contribution in [3.05, 3.63) is 59.2 Å². The maximum absolute atomic E-state index is 13.4. The van der Waals surface area contributed by atoms with E-state index in [1.54, 1.807) is 24.3 Å². The molecule has 5 rings (SSSR count). The van der Waals surface area contributed by atoms with E-state index in [1.165, 1.54) is 4.90 Å². The van der Waals surface area contributed by atoms with Crippen molar-refractivity contribution in [3.8, 4) is 5.75 Å². The molecule has 2 aromatic rings. The van der Waals surface area contributed by atoms with E-state index in [1.807, 2.05) is 39.0 Å². The van der Waals surface area contributed by atoms with Crippen LogP contribution in [0.5, 0.6) is 5.75 Å². The van der Waals surface area contributed by atoms with E-state index in [2.05, 4.69) is 0 Å². The molecule has 3 fully saturated rings. The number of phenols is 1. The number of fused-ring (bicyclic) bond motifs is 3. The molecular formula is C25H27NO5. The molecule has 2 saturated heterocycles. The Balaban J connectivity index is 1.51. The highest BCUT2D eigenvalue weighted by Gasteiger charge is 2.65. The van der Waals surface area contributed by atoms with Gasteiger partial charge in [0, 0.05) is 11.8 Å². The monoisotopic (exact) mass is 421 g/mol. The van der Waals surface area contributed by atoms with Gasteiger partial charge in [-0.3, -0.25) is 14.5 Å². The van der Waals surface area contributed by atoms with Crippen LogP contribution in [0.2, 0.25) is 0 Å². The van der Waals surface area contributed by atoms with Crippen LogP contribution in [0.15, 0.2) is 42.5 Å². The topological polar surface area (TPSA) is 87.1 Å². The molecule has 0 bridgehead atoms. The van der Waals surface area contributed by atoms with Crippen molar-refractivity contribution in [2.75, 3.05) is 4.90 Å². The van der Waals surface area contributed by atoms with Gasteiger partial charge in [0.25, 0.3) is 0 Å². The predicted octanol–water partition coefficient (Wildman–Crippen LogP) is 3.62. The van der Waals surface area contributed by atoms with Gasteiger partial charge in [-0.1, -0.05) is 25.1 Å². The van der Waals surface area contributed by atoms with Crippen molar-refractivity contribution in [1.82, 2.24) is 0 Å². The van der Waals surface area contributed by atoms with Crippen LogP contribution in [-0.2, 0) is 14.3 Å². The van der Waals surface area contributed by atoms with Crippen molar-refractivity contribution in [2.45, 2.75) is 45.5 Å². The van der Waals surface area contributed by atoms with Crippen molar-refractivity contribution in [3.63, 3.8) is 0 Å². The molecule has 0 unspecified atom stereocenters. The molecule has 0 spiro atoms. The Morgan fingerprint density at radius 2 is 1.68 bits per heavy atom. The second-order valence-corrected chi connectivity index (χ2v) is 9.32. The average Bonchev–Trinajstić information content (AvgIpc) is 3.22. The molecule has 2 aliphatic heterocycles. The van der Waals surface area contributed by atoms with Gasteiger partial charge in [0.05, 0.1) is 23.6 Å². The van der Waals surface area contributed by atoms with Crippen LogP contribution in [0.25, 0.3) is 0 Å². The van der Waals surface area contributed by atoms with Gasteiger partial charge in [-0.2, -0.15) is 0 Å². The number of imide groups is 1. The average molecular weight is 421 g/mol. The Labute approximate surface area is 181 Å². The molecule has 2 aromatic carbocycles. The number of aliphatic hydroxyl groups is 1. The molecule has 6 heteroatoms. The van der Waals surface area contributed by atoms with Gasteiger partial charge in [0.1, 0.15) is 5.75 Å². The molecule has 2 amide bonds. The Morgan fingerprint density at radius 3 is 2.32 bits per heavy atom. The van der Waals surface area contributed by atoms with Crippen LogP contribution in [0.1, 0.15) is 42.6 Å². The van der Waals surface area contributed by atoms with Crippen LogP contribution < -0.4 is 4.90 Å². The molecule has 1 aliphatic carbocycles. The van der Waals surface area contributed by atoms with Gasteiger partial charge in [-0.05, 0) is 67.6 Å². The maximum Gasteiger partial charge on any atom is 0.238 e. The number of hydrogen-bond donors (Lipinski definition) is 2. The summed E-state index contributed by atoms with van der Waals surface area (Å²) in [6, 6.07) is 12.7. The van der Waals surface area contributed by atoms with Gasteiger partial charge >= 0.3 is 0 Å². The third-order valence-electron chi connectivity index (χ3n) is 7.45. The number of anilines is 1. The predicted molar refractivity (Wildman–Crippen MR) is 114 cm³/mol. The van der Waals surface area contributed by atoms with E-state index < -0.39 is 29.6 Å². The highest BCUT2D eigenvalue weighted by Crippen LogP contribution is 2.58. The molecular weight excluding hydrogens is 394 g/mol. The zero-order valence-corrected chi connectivity index (χ0v) is 17.9. The number of hydrogen-bond acceptors (Lipinski definition) is 5. The number of para-hydroxylation sites is 1. The molecule has 3 aliphatic rings. The van der Waals surface area contributed by atoms with Gasteiger partial charge in [0.15, 0.2) is 5.79 Å². The number of aryl methyl sites for hydroxylation is 2. The zero-order valence-electron chi connectivity index (χ0n) is 17.9. The summed E-state index contributed by atoms with van der Waals surface area (Å²) in [5.74, 6) is -3.44. The Morgan fingerprint density at radius 1 is 1.03 bits per heavy atom. The van der Waals surface area contributed by atoms with Crippen LogP contribution in [0, 0.1) is 37.5 Å². The third-order valence-corrected chi connectivity index (χ3v) is 7.45. The Kier molecular flexibility index (Phi) is 4.50. The van der Waals surface area contributed by atoms with E-state index >= 15 is 0 Å². The minimum atomic E-state index is -1.46. The first-order valence-corrected chi connectivity index (χ1v) is 10.9. The number of amides is 2. The molecule has 0 radical (unpaired) electrons. The second-order valence-electron chi connectivity index (χ2n) is 9.32. The first-order valence-electron chi connectivity index (χ1n) is 10.9. The minimum absolute atomic E-state index is 0.185. The summed E-state index contributed by atoms with van der Waals surface area (Å²) in [7, 11) is 0. The summed E-state index contributed by atoms with van der Waals surface area (Å²) in [5.41, 5.74) is 2.93. The largest absolute Gasteiger partial charge is 0.507 e. The smallest absolute Gasteiger partial charge is 0.238 e. The Bertz CT molecular complexity index is 1040. The highest BCUT2D eigenvalue weighted by atomic mass is 16.6. The van der Waals surface area contributed by atoms with Gasteiger partial charge in [-0.25, -0.2) is 0 Å². The lowest BCUT2D eigenvalue weighted by atomic mass is 9.65. The summed E-state index contributed by atoms with van der Waals surface area (Å²) < 4.78 is 6.23. The van der Waals surface area contributed by atoms with Crippen molar-refractivity contribution >= 4 is 17.5 Å². The van der Waals surface area contributed by atoms with Gasteiger partial charge in [0.2, 0.25) is 11.8 Å². The fraction of sp³-hybridized carbons (Fsp3) is 0.440. The van der Waals surface area contributed by atoms with Gasteiger partial charge in [-0.15, -0.1) is 0 Å². The highest BCUT2D eigenvalue weighted by molar-refractivity contribution is 6.22. The van der Waals surface area contributed by atoms with E-state index in [0.717, 1.165) is 16.7 Å². The molecule has 162 valence electrons. The van der Waals surface area contributed by atoms with Crippen LogP contribution in [0.3, 0.4) is 0 Å². The fourth-order valence-corrected chi connectivity index (χ4v) is 5.86. The SMILES string of the molecule is Cc1cc([C@@H]2C[C@H]3[C@H]4C(=O)N(c5ccccc5)C(=O)[C@H]4C[C@H](C)[C@@]3(O)O2)cc(C)c1O. The molecule has 2 N–H and O–H groups in total. The number of ether oxygens (including phenoxy) is 1. The number of carbonyl (C=O) groups is 2. The number of carbonyl (C=O) groups excluding carboxylic acids is 2. The minimum Gasteiger partial charge on any atom is -0.507 e. The van der Waals surface area contributed by atoms with E-state index in [0.29, 0.717) is 18.5 Å². The van der Waals surface area contributed by atoms with Crippen molar-refractivity contribution < 1.29 is 24.5 Å². The molecule has 6 atom stereocenters. The first kappa shape index (κ1) is 20.2. The standard InChI is InChI=1S/C25H27NO5/c1-13-9-16(10-14(2)22(13)27)20-12-19-21-18(11-15(3)25(19,30)31-20)23(28)26(24(21)29)17-7-5-4-6-8-17/h4-10,15,18-21,27,30H,11-12H2,1-3H3/t15-,18-,19-,20-,21-,25+/m0/s1. The summed E-state index contributed by atoms with van der Waals surface area (Å²) >= 11 is 0. The molecule has 6 nitrogen and oxygen atoms in total. The van der Waals surface area contributed by atoms with Crippen molar-refractivity contribution in [2.24, 2.45) is 23.7 Å². The lowest BCUT2D eigenvalue weighted by Crippen LogP contribution is -2.52. The van der Waals surface area contributed by atoms with E-state index in [-0.39, 0.29) is 23.5 Å². The summed E-state index contributed by atoms with van der Waals surface area (Å²) in [6.45, 7) is 5.55. The molecule has 0 aromatic heterocycles. The number of nitrogens with zero attached hydrogens (tertiary/aromatic N) is 1. The second kappa shape index (κ2) is 6.90. The molecule has 31 heavy (non-hydrogen) atoms. The lowest BCUT2D eigenvalue weighted by Gasteiger charge is -2.43. The number of phenolic OH excluding ortho intramolecular Hbond substituents is 1. The normalized spacial score (nSPS) is 34.7. The fourth-order valence-electron chi connectivity index (χ4n) is 5.86. The molecule has 2 heterocycles. The summed E-state index contributed by atoms with van der Waals surface area (Å²) in [5, 5.41) is 21.7. The van der Waals surface area contributed by atoms with E-state index in [4.69, 9.17) is 4.74 Å². The lowest BCUT2D eigenvalue weighted by molar-refractivity contribution is -0.265. The summed E-state index contributed by atoms with van der Waals surface area (Å²) in [4.78, 5) is 28.0. The number of aromatic hydroxyl groups is 1. The van der Waals surface area contributed by atoms with Crippen LogP contribution in [-0.4, -0.2) is 27.8 Å². The molecule has 1 saturated carbocycles. The van der Waals surface area contributed by atoms with Crippen molar-refractivity contribution in [1.29, 1.82) is 0 Å². The number of rotatable bonds is 2. The first-order chi connectivity index (χ1) is 14.7. The number of benzene rings is 2. The third kappa shape index (κ3) is 2.85. The van der Waals surface area contributed by atoms with E-state index in [9.17, 15) is 19.8 Å². The maximum atomic E-state index is 13.4. The van der Waals surface area contributed by atoms with Crippen LogP contribution in [0.4, 0.5) is 5.69 Å². The Hall–Kier alpha value is -2.70. The summed E-state index contributed by atoms with van der Waals surface area (Å²) in [6.07, 6.45) is 0.460. The zero-order chi connectivity index (χ0) is 22.1.